The topological polar surface area (TPSA) is 87.3 Å². The van der Waals surface area contributed by atoms with Gasteiger partial charge >= 0.3 is 6.09 Å². The first-order valence-corrected chi connectivity index (χ1v) is 8.72. The van der Waals surface area contributed by atoms with Crippen molar-refractivity contribution in [2.75, 3.05) is 11.9 Å². The molecular formula is C18H21ClN4O3. The van der Waals surface area contributed by atoms with Gasteiger partial charge in [0.25, 0.3) is 5.91 Å². The van der Waals surface area contributed by atoms with E-state index < -0.39 is 5.60 Å². The lowest BCUT2D eigenvalue weighted by molar-refractivity contribution is 0.0221. The van der Waals surface area contributed by atoms with Gasteiger partial charge in [0.05, 0.1) is 12.2 Å². The van der Waals surface area contributed by atoms with Crippen molar-refractivity contribution in [1.29, 1.82) is 0 Å². The lowest BCUT2D eigenvalue weighted by Crippen LogP contribution is -2.40. The molecule has 26 heavy (non-hydrogen) atoms. The standard InChI is InChI=1S/C18H21ClN4O3/c1-18(2,3)26-17(25)23-9-8-13-14(10-23)21-22-15(13)16(24)20-12-6-4-11(19)5-7-12/h4-7H,8-10H2,1-3H3,(H,20,24)(H,21,22). The number of hydrogen-bond acceptors (Lipinski definition) is 4. The molecule has 1 aliphatic heterocycles. The third-order valence-electron chi connectivity index (χ3n) is 3.90. The summed E-state index contributed by atoms with van der Waals surface area (Å²) in [6, 6.07) is 6.86. The molecule has 2 heterocycles. The molecule has 1 aromatic heterocycles. The number of hydrogen-bond donors (Lipinski definition) is 2. The van der Waals surface area contributed by atoms with Gasteiger partial charge in [0, 0.05) is 22.8 Å². The van der Waals surface area contributed by atoms with Gasteiger partial charge in [-0.2, -0.15) is 5.10 Å². The lowest BCUT2D eigenvalue weighted by Gasteiger charge is -2.29. The molecule has 0 radical (unpaired) electrons. The fraction of sp³-hybridized carbons (Fsp3) is 0.389. The molecule has 138 valence electrons. The van der Waals surface area contributed by atoms with Gasteiger partial charge in [-0.05, 0) is 51.5 Å². The van der Waals surface area contributed by atoms with Crippen LogP contribution in [-0.2, 0) is 17.7 Å². The van der Waals surface area contributed by atoms with Crippen LogP contribution >= 0.6 is 11.6 Å². The number of nitrogens with one attached hydrogen (secondary N) is 2. The largest absolute Gasteiger partial charge is 0.444 e. The second kappa shape index (κ2) is 6.99. The van der Waals surface area contributed by atoms with E-state index in [1.165, 1.54) is 0 Å². The van der Waals surface area contributed by atoms with Crippen LogP contribution in [0.2, 0.25) is 5.02 Å². The smallest absolute Gasteiger partial charge is 0.410 e. The van der Waals surface area contributed by atoms with E-state index in [4.69, 9.17) is 16.3 Å². The number of ether oxygens (including phenoxy) is 1. The molecule has 8 heteroatoms. The first-order chi connectivity index (χ1) is 12.2. The Morgan fingerprint density at radius 3 is 2.62 bits per heavy atom. The summed E-state index contributed by atoms with van der Waals surface area (Å²) in [7, 11) is 0. The summed E-state index contributed by atoms with van der Waals surface area (Å²) in [5.41, 5.74) is 2.02. The van der Waals surface area contributed by atoms with Crippen molar-refractivity contribution in [3.8, 4) is 0 Å². The van der Waals surface area contributed by atoms with E-state index in [9.17, 15) is 9.59 Å². The number of benzene rings is 1. The Labute approximate surface area is 156 Å². The average molecular weight is 377 g/mol. The summed E-state index contributed by atoms with van der Waals surface area (Å²) in [6.07, 6.45) is 0.166. The van der Waals surface area contributed by atoms with E-state index in [1.54, 1.807) is 29.2 Å². The van der Waals surface area contributed by atoms with Gasteiger partial charge in [-0.15, -0.1) is 0 Å². The van der Waals surface area contributed by atoms with E-state index in [1.807, 2.05) is 20.8 Å². The molecule has 0 aliphatic carbocycles. The molecule has 0 fully saturated rings. The molecule has 0 spiro atoms. The maximum atomic E-state index is 12.5. The zero-order valence-corrected chi connectivity index (χ0v) is 15.7. The number of H-pyrrole nitrogens is 1. The van der Waals surface area contributed by atoms with Crippen LogP contribution in [0.3, 0.4) is 0 Å². The van der Waals surface area contributed by atoms with E-state index in [0.717, 1.165) is 11.3 Å². The molecular weight excluding hydrogens is 356 g/mol. The molecule has 2 aromatic rings. The van der Waals surface area contributed by atoms with Gasteiger partial charge in [0.15, 0.2) is 5.69 Å². The summed E-state index contributed by atoms with van der Waals surface area (Å²) in [4.78, 5) is 26.3. The van der Waals surface area contributed by atoms with E-state index in [-0.39, 0.29) is 12.0 Å². The normalized spacial score (nSPS) is 13.9. The first kappa shape index (κ1) is 18.3. The highest BCUT2D eigenvalue weighted by molar-refractivity contribution is 6.30. The predicted octanol–water partition coefficient (Wildman–Crippen LogP) is 3.61. The highest BCUT2D eigenvalue weighted by Crippen LogP contribution is 2.23. The molecule has 0 saturated carbocycles. The minimum atomic E-state index is -0.547. The second-order valence-electron chi connectivity index (χ2n) is 7.14. The van der Waals surface area contributed by atoms with Crippen LogP contribution in [-0.4, -0.2) is 39.2 Å². The Balaban J connectivity index is 1.70. The number of anilines is 1. The monoisotopic (exact) mass is 376 g/mol. The molecule has 0 saturated heterocycles. The first-order valence-electron chi connectivity index (χ1n) is 8.34. The summed E-state index contributed by atoms with van der Waals surface area (Å²) in [5, 5.41) is 10.4. The van der Waals surface area contributed by atoms with Gasteiger partial charge in [-0.3, -0.25) is 9.89 Å². The SMILES string of the molecule is CC(C)(C)OC(=O)N1CCc2c(C(=O)Nc3ccc(Cl)cc3)n[nH]c2C1. The van der Waals surface area contributed by atoms with E-state index >= 15 is 0 Å². The van der Waals surface area contributed by atoms with Gasteiger partial charge in [-0.25, -0.2) is 4.79 Å². The highest BCUT2D eigenvalue weighted by atomic mass is 35.5. The van der Waals surface area contributed by atoms with Crippen molar-refractivity contribution in [2.45, 2.75) is 39.3 Å². The van der Waals surface area contributed by atoms with Crippen LogP contribution in [0.4, 0.5) is 10.5 Å². The lowest BCUT2D eigenvalue weighted by atomic mass is 10.0. The molecule has 2 N–H and O–H groups in total. The number of carbonyl (C=O) groups is 2. The Morgan fingerprint density at radius 1 is 1.27 bits per heavy atom. The predicted molar refractivity (Wildman–Crippen MR) is 98.3 cm³/mol. The van der Waals surface area contributed by atoms with Crippen molar-refractivity contribution < 1.29 is 14.3 Å². The molecule has 2 amide bonds. The van der Waals surface area contributed by atoms with Crippen molar-refractivity contribution in [3.63, 3.8) is 0 Å². The number of nitrogens with zero attached hydrogens (tertiary/aromatic N) is 2. The van der Waals surface area contributed by atoms with Crippen LogP contribution < -0.4 is 5.32 Å². The third-order valence-corrected chi connectivity index (χ3v) is 4.15. The van der Waals surface area contributed by atoms with E-state index in [0.29, 0.717) is 35.9 Å². The van der Waals surface area contributed by atoms with Crippen LogP contribution in [0.5, 0.6) is 0 Å². The number of amides is 2. The maximum absolute atomic E-state index is 12.5. The van der Waals surface area contributed by atoms with Crippen molar-refractivity contribution in [3.05, 3.63) is 46.2 Å². The molecule has 7 nitrogen and oxygen atoms in total. The molecule has 3 rings (SSSR count). The summed E-state index contributed by atoms with van der Waals surface area (Å²) in [6.45, 7) is 6.30. The van der Waals surface area contributed by atoms with Crippen molar-refractivity contribution in [1.82, 2.24) is 15.1 Å². The number of rotatable bonds is 2. The van der Waals surface area contributed by atoms with Crippen LogP contribution in [0.15, 0.2) is 24.3 Å². The minimum absolute atomic E-state index is 0.296. The van der Waals surface area contributed by atoms with Gasteiger partial charge < -0.3 is 15.0 Å². The molecule has 0 unspecified atom stereocenters. The summed E-state index contributed by atoms with van der Waals surface area (Å²) < 4.78 is 5.40. The van der Waals surface area contributed by atoms with Crippen LogP contribution in [0, 0.1) is 0 Å². The van der Waals surface area contributed by atoms with Crippen LogP contribution in [0.25, 0.3) is 0 Å². The van der Waals surface area contributed by atoms with Crippen LogP contribution in [0.1, 0.15) is 42.5 Å². The molecule has 1 aromatic carbocycles. The van der Waals surface area contributed by atoms with Gasteiger partial charge in [0.2, 0.25) is 0 Å². The fourth-order valence-electron chi connectivity index (χ4n) is 2.71. The Morgan fingerprint density at radius 2 is 1.96 bits per heavy atom. The van der Waals surface area contributed by atoms with Crippen molar-refractivity contribution >= 4 is 29.3 Å². The zero-order valence-electron chi connectivity index (χ0n) is 14.9. The number of aromatic amines is 1. The minimum Gasteiger partial charge on any atom is -0.444 e. The molecule has 0 bridgehead atoms. The number of carbonyl (C=O) groups excluding carboxylic acids is 2. The second-order valence-corrected chi connectivity index (χ2v) is 7.58. The third kappa shape index (κ3) is 4.16. The quantitative estimate of drug-likeness (QED) is 0.838. The fourth-order valence-corrected chi connectivity index (χ4v) is 2.84. The van der Waals surface area contributed by atoms with Gasteiger partial charge in [-0.1, -0.05) is 11.6 Å². The number of aromatic nitrogens is 2. The Hall–Kier alpha value is -2.54. The zero-order chi connectivity index (χ0) is 18.9. The Bertz CT molecular complexity index is 824. The summed E-state index contributed by atoms with van der Waals surface area (Å²) >= 11 is 5.85. The van der Waals surface area contributed by atoms with Crippen molar-refractivity contribution in [2.24, 2.45) is 0 Å². The number of fused-ring (bicyclic) bond motifs is 1. The average Bonchev–Trinajstić information content (AvgIpc) is 2.98. The van der Waals surface area contributed by atoms with Gasteiger partial charge in [0.1, 0.15) is 5.60 Å². The Kier molecular flexibility index (Phi) is 4.91. The maximum Gasteiger partial charge on any atom is 0.410 e. The molecule has 0 atom stereocenters. The molecule has 1 aliphatic rings. The number of halogens is 1. The highest BCUT2D eigenvalue weighted by Gasteiger charge is 2.29. The van der Waals surface area contributed by atoms with E-state index in [2.05, 4.69) is 15.5 Å². The summed E-state index contributed by atoms with van der Waals surface area (Å²) in [5.74, 6) is -0.296.